The molecular formula is C8H10N4O4. The maximum Gasteiger partial charge on any atom is 0.198 e. The van der Waals surface area contributed by atoms with Crippen molar-refractivity contribution in [2.45, 2.75) is 24.5 Å². The molecular weight excluding hydrogens is 216 g/mol. The highest BCUT2D eigenvalue weighted by molar-refractivity contribution is 5.12. The minimum Gasteiger partial charge on any atom is -0.394 e. The number of rotatable bonds is 2. The third-order valence-corrected chi connectivity index (χ3v) is 2.37. The van der Waals surface area contributed by atoms with Gasteiger partial charge >= 0.3 is 0 Å². The van der Waals surface area contributed by atoms with Crippen molar-refractivity contribution in [3.63, 3.8) is 0 Å². The molecule has 0 unspecified atom stereocenters. The van der Waals surface area contributed by atoms with E-state index in [1.165, 1.54) is 6.20 Å². The molecule has 3 N–H and O–H groups in total. The van der Waals surface area contributed by atoms with E-state index < -0.39 is 31.1 Å². The van der Waals surface area contributed by atoms with Crippen molar-refractivity contribution in [2.75, 3.05) is 6.61 Å². The van der Waals surface area contributed by atoms with Crippen LogP contribution in [0.2, 0.25) is 0 Å². The fraction of sp³-hybridized carbons (Fsp3) is 0.625. The Morgan fingerprint density at radius 1 is 1.50 bits per heavy atom. The highest BCUT2D eigenvalue weighted by Gasteiger charge is 2.44. The summed E-state index contributed by atoms with van der Waals surface area (Å²) in [5.41, 5.74) is 0.0812. The molecule has 1 saturated heterocycles. The fourth-order valence-corrected chi connectivity index (χ4v) is 1.52. The molecule has 0 aromatic carbocycles. The van der Waals surface area contributed by atoms with Gasteiger partial charge in [-0.05, 0) is 0 Å². The minimum atomic E-state index is -1.24. The van der Waals surface area contributed by atoms with Gasteiger partial charge in [-0.15, -0.1) is 5.10 Å². The number of hydrogen-bond acceptors (Lipinski definition) is 7. The first-order chi connectivity index (χ1) is 7.67. The summed E-state index contributed by atoms with van der Waals surface area (Å²) in [6.45, 7) is -0.416. The predicted molar refractivity (Wildman–Crippen MR) is 47.7 cm³/mol. The van der Waals surface area contributed by atoms with Crippen LogP contribution in [0, 0.1) is 11.3 Å². The van der Waals surface area contributed by atoms with Crippen molar-refractivity contribution < 1.29 is 20.1 Å². The Kier molecular flexibility index (Phi) is 2.84. The zero-order valence-corrected chi connectivity index (χ0v) is 8.13. The lowest BCUT2D eigenvalue weighted by atomic mass is 10.1. The van der Waals surface area contributed by atoms with Crippen LogP contribution in [0.4, 0.5) is 0 Å². The van der Waals surface area contributed by atoms with Gasteiger partial charge in [0.25, 0.3) is 0 Å². The van der Waals surface area contributed by atoms with E-state index in [4.69, 9.17) is 15.1 Å². The summed E-state index contributed by atoms with van der Waals surface area (Å²) in [7, 11) is 0. The number of ether oxygens (including phenoxy) is 1. The molecule has 2 rings (SSSR count). The van der Waals surface area contributed by atoms with Crippen LogP contribution in [-0.2, 0) is 4.74 Å². The van der Waals surface area contributed by atoms with Crippen molar-refractivity contribution in [3.8, 4) is 6.07 Å². The molecule has 1 aliphatic rings. The predicted octanol–water partition coefficient (Wildman–Crippen LogP) is -2.24. The van der Waals surface area contributed by atoms with E-state index in [1.54, 1.807) is 6.07 Å². The number of hydrogen-bond donors (Lipinski definition) is 3. The Hall–Kier alpha value is -1.53. The van der Waals surface area contributed by atoms with Gasteiger partial charge in [0, 0.05) is 0 Å². The van der Waals surface area contributed by atoms with Crippen molar-refractivity contribution >= 4 is 0 Å². The summed E-state index contributed by atoms with van der Waals surface area (Å²) in [6.07, 6.45) is -3.09. The van der Waals surface area contributed by atoms with Gasteiger partial charge in [0.05, 0.1) is 12.8 Å². The second-order valence-electron chi connectivity index (χ2n) is 3.39. The van der Waals surface area contributed by atoms with Gasteiger partial charge in [-0.2, -0.15) is 15.2 Å². The quantitative estimate of drug-likeness (QED) is 0.520. The van der Waals surface area contributed by atoms with Crippen LogP contribution >= 0.6 is 0 Å². The number of nitriles is 1. The number of aromatic nitrogens is 3. The molecule has 0 radical (unpaired) electrons. The molecule has 8 heteroatoms. The van der Waals surface area contributed by atoms with Gasteiger partial charge in [0.1, 0.15) is 24.4 Å². The van der Waals surface area contributed by atoms with Crippen LogP contribution in [-0.4, -0.2) is 55.2 Å². The second-order valence-corrected chi connectivity index (χ2v) is 3.39. The molecule has 0 bridgehead atoms. The summed E-state index contributed by atoms with van der Waals surface area (Å²) in [5, 5.41) is 44.0. The second kappa shape index (κ2) is 4.15. The third kappa shape index (κ3) is 1.66. The summed E-state index contributed by atoms with van der Waals surface area (Å²) >= 11 is 0. The third-order valence-electron chi connectivity index (χ3n) is 2.37. The number of aliphatic hydroxyl groups excluding tert-OH is 3. The SMILES string of the molecule is N#Cc1cnn([C@@H]2O[C@H](CO)[C@@H](O)[C@H]2O)n1. The molecule has 86 valence electrons. The Bertz CT molecular complexity index is 414. The van der Waals surface area contributed by atoms with Gasteiger partial charge in [-0.1, -0.05) is 0 Å². The Morgan fingerprint density at radius 3 is 2.75 bits per heavy atom. The van der Waals surface area contributed by atoms with Crippen molar-refractivity contribution in [3.05, 3.63) is 11.9 Å². The van der Waals surface area contributed by atoms with Crippen molar-refractivity contribution in [1.29, 1.82) is 5.26 Å². The van der Waals surface area contributed by atoms with E-state index >= 15 is 0 Å². The van der Waals surface area contributed by atoms with E-state index in [9.17, 15) is 10.2 Å². The topological polar surface area (TPSA) is 124 Å². The molecule has 0 aliphatic carbocycles. The van der Waals surface area contributed by atoms with Crippen LogP contribution in [0.15, 0.2) is 6.20 Å². The Morgan fingerprint density at radius 2 is 2.25 bits per heavy atom. The largest absolute Gasteiger partial charge is 0.394 e. The van der Waals surface area contributed by atoms with Crippen LogP contribution in [0.5, 0.6) is 0 Å². The average molecular weight is 226 g/mol. The van der Waals surface area contributed by atoms with Crippen LogP contribution in [0.3, 0.4) is 0 Å². The zero-order valence-electron chi connectivity index (χ0n) is 8.13. The lowest BCUT2D eigenvalue weighted by Crippen LogP contribution is -2.33. The first-order valence-electron chi connectivity index (χ1n) is 4.61. The first-order valence-corrected chi connectivity index (χ1v) is 4.61. The summed E-state index contributed by atoms with van der Waals surface area (Å²) in [6, 6.07) is 1.78. The molecule has 0 saturated carbocycles. The summed E-state index contributed by atoms with van der Waals surface area (Å²) in [5.74, 6) is 0. The lowest BCUT2D eigenvalue weighted by molar-refractivity contribution is -0.0655. The smallest absolute Gasteiger partial charge is 0.198 e. The summed E-state index contributed by atoms with van der Waals surface area (Å²) in [4.78, 5) is 1.00. The molecule has 1 fully saturated rings. The van der Waals surface area contributed by atoms with E-state index in [0.29, 0.717) is 0 Å². The van der Waals surface area contributed by atoms with E-state index in [-0.39, 0.29) is 5.69 Å². The Balaban J connectivity index is 2.20. The monoisotopic (exact) mass is 226 g/mol. The number of aliphatic hydroxyl groups is 3. The van der Waals surface area contributed by atoms with Gasteiger partial charge in [0.15, 0.2) is 11.9 Å². The number of nitrogens with zero attached hydrogens (tertiary/aromatic N) is 4. The van der Waals surface area contributed by atoms with Crippen LogP contribution in [0.1, 0.15) is 11.9 Å². The van der Waals surface area contributed by atoms with Crippen LogP contribution in [0.25, 0.3) is 0 Å². The van der Waals surface area contributed by atoms with E-state index in [2.05, 4.69) is 10.2 Å². The average Bonchev–Trinajstić information content (AvgIpc) is 2.86. The van der Waals surface area contributed by atoms with Gasteiger partial charge < -0.3 is 20.1 Å². The zero-order chi connectivity index (χ0) is 11.7. The molecule has 16 heavy (non-hydrogen) atoms. The lowest BCUT2D eigenvalue weighted by Gasteiger charge is -2.12. The minimum absolute atomic E-state index is 0.0812. The van der Waals surface area contributed by atoms with E-state index in [1.807, 2.05) is 0 Å². The maximum atomic E-state index is 9.62. The normalized spacial score (nSPS) is 33.9. The fourth-order valence-electron chi connectivity index (χ4n) is 1.52. The van der Waals surface area contributed by atoms with Gasteiger partial charge in [-0.25, -0.2) is 0 Å². The first kappa shape index (κ1) is 11.0. The molecule has 4 atom stereocenters. The molecule has 1 aromatic heterocycles. The van der Waals surface area contributed by atoms with Crippen molar-refractivity contribution in [2.24, 2.45) is 0 Å². The van der Waals surface area contributed by atoms with Gasteiger partial charge in [0.2, 0.25) is 0 Å². The van der Waals surface area contributed by atoms with Gasteiger partial charge in [-0.3, -0.25) is 0 Å². The van der Waals surface area contributed by atoms with Crippen LogP contribution < -0.4 is 0 Å². The molecule has 0 spiro atoms. The molecule has 8 nitrogen and oxygen atoms in total. The molecule has 2 heterocycles. The standard InChI is InChI=1S/C8H10N4O4/c9-1-4-2-10-12(11-4)8-7(15)6(14)5(3-13)16-8/h2,5-8,13-15H,3H2/t5-,6-,7-,8-/m1/s1. The van der Waals surface area contributed by atoms with E-state index in [0.717, 1.165) is 4.80 Å². The maximum absolute atomic E-state index is 9.62. The molecule has 1 aromatic rings. The van der Waals surface area contributed by atoms with Crippen molar-refractivity contribution in [1.82, 2.24) is 15.0 Å². The highest BCUT2D eigenvalue weighted by Crippen LogP contribution is 2.27. The highest BCUT2D eigenvalue weighted by atomic mass is 16.6. The Labute approximate surface area is 90.3 Å². The molecule has 0 amide bonds. The molecule has 1 aliphatic heterocycles. The summed E-state index contributed by atoms with van der Waals surface area (Å²) < 4.78 is 5.16.